The van der Waals surface area contributed by atoms with Crippen LogP contribution in [-0.2, 0) is 11.3 Å². The van der Waals surface area contributed by atoms with Crippen LogP contribution in [0, 0.1) is 0 Å². The van der Waals surface area contributed by atoms with E-state index in [0.29, 0.717) is 17.0 Å². The monoisotopic (exact) mass is 342 g/mol. The van der Waals surface area contributed by atoms with Crippen molar-refractivity contribution in [2.45, 2.75) is 26.5 Å². The van der Waals surface area contributed by atoms with E-state index in [2.05, 4.69) is 10.6 Å². The average Bonchev–Trinajstić information content (AvgIpc) is 2.59. The van der Waals surface area contributed by atoms with E-state index >= 15 is 0 Å². The van der Waals surface area contributed by atoms with Crippen molar-refractivity contribution in [1.82, 2.24) is 5.32 Å². The van der Waals surface area contributed by atoms with Crippen LogP contribution in [0.25, 0.3) is 0 Å². The Morgan fingerprint density at radius 2 is 1.84 bits per heavy atom. The summed E-state index contributed by atoms with van der Waals surface area (Å²) in [5.41, 5.74) is 1.51. The Hall–Kier alpha value is -3.02. The van der Waals surface area contributed by atoms with Gasteiger partial charge in [-0.15, -0.1) is 0 Å². The number of amides is 2. The van der Waals surface area contributed by atoms with Crippen LogP contribution in [0.1, 0.15) is 29.8 Å². The summed E-state index contributed by atoms with van der Waals surface area (Å²) >= 11 is 0. The SMILES string of the molecule is COc1cccc(COC(=O)c2ccccc2NC(=O)NC(C)C)c1. The number of para-hydroxylation sites is 1. The van der Waals surface area contributed by atoms with E-state index in [1.807, 2.05) is 32.0 Å². The molecule has 0 fully saturated rings. The van der Waals surface area contributed by atoms with Crippen LogP contribution in [0.2, 0.25) is 0 Å². The molecule has 0 aliphatic heterocycles. The molecule has 0 saturated heterocycles. The number of rotatable bonds is 6. The fourth-order valence-corrected chi connectivity index (χ4v) is 2.18. The molecule has 2 rings (SSSR count). The minimum atomic E-state index is -0.511. The molecule has 2 aromatic rings. The second kappa shape index (κ2) is 8.73. The van der Waals surface area contributed by atoms with Gasteiger partial charge in [-0.05, 0) is 43.7 Å². The summed E-state index contributed by atoms with van der Waals surface area (Å²) in [7, 11) is 1.58. The van der Waals surface area contributed by atoms with Crippen LogP contribution in [0.5, 0.6) is 5.75 Å². The molecule has 0 aliphatic carbocycles. The second-order valence-electron chi connectivity index (χ2n) is 5.73. The van der Waals surface area contributed by atoms with Gasteiger partial charge in [0, 0.05) is 6.04 Å². The molecule has 0 saturated carbocycles. The van der Waals surface area contributed by atoms with Gasteiger partial charge in [0.05, 0.1) is 18.4 Å². The van der Waals surface area contributed by atoms with Crippen molar-refractivity contribution in [3.63, 3.8) is 0 Å². The molecule has 0 bridgehead atoms. The van der Waals surface area contributed by atoms with Crippen LogP contribution in [0.3, 0.4) is 0 Å². The highest BCUT2D eigenvalue weighted by Gasteiger charge is 2.15. The van der Waals surface area contributed by atoms with Crippen LogP contribution < -0.4 is 15.4 Å². The average molecular weight is 342 g/mol. The fraction of sp³-hybridized carbons (Fsp3) is 0.263. The minimum Gasteiger partial charge on any atom is -0.497 e. The van der Waals surface area contributed by atoms with Gasteiger partial charge in [-0.25, -0.2) is 9.59 Å². The molecular weight excluding hydrogens is 320 g/mol. The molecule has 0 radical (unpaired) electrons. The predicted octanol–water partition coefficient (Wildman–Crippen LogP) is 3.58. The summed E-state index contributed by atoms with van der Waals surface area (Å²) in [5, 5.41) is 5.38. The normalized spacial score (nSPS) is 10.2. The number of carbonyl (C=O) groups excluding carboxylic acids is 2. The lowest BCUT2D eigenvalue weighted by Crippen LogP contribution is -2.34. The second-order valence-corrected chi connectivity index (χ2v) is 5.73. The van der Waals surface area contributed by atoms with Crippen LogP contribution in [0.4, 0.5) is 10.5 Å². The number of ether oxygens (including phenoxy) is 2. The van der Waals surface area contributed by atoms with Crippen molar-refractivity contribution >= 4 is 17.7 Å². The standard InChI is InChI=1S/C19H22N2O4/c1-13(2)20-19(23)21-17-10-5-4-9-16(17)18(22)25-12-14-7-6-8-15(11-14)24-3/h4-11,13H,12H2,1-3H3,(H2,20,21,23). The van der Waals surface area contributed by atoms with Crippen LogP contribution >= 0.6 is 0 Å². The third kappa shape index (κ3) is 5.53. The lowest BCUT2D eigenvalue weighted by atomic mass is 10.2. The van der Waals surface area contributed by atoms with Gasteiger partial charge in [-0.2, -0.15) is 0 Å². The number of nitrogens with one attached hydrogen (secondary N) is 2. The van der Waals surface area contributed by atoms with E-state index < -0.39 is 5.97 Å². The smallest absolute Gasteiger partial charge is 0.340 e. The summed E-state index contributed by atoms with van der Waals surface area (Å²) in [4.78, 5) is 24.2. The van der Waals surface area contributed by atoms with E-state index in [1.54, 1.807) is 37.4 Å². The lowest BCUT2D eigenvalue weighted by Gasteiger charge is -2.13. The van der Waals surface area contributed by atoms with E-state index in [0.717, 1.165) is 5.56 Å². The van der Waals surface area contributed by atoms with Crippen molar-refractivity contribution in [2.75, 3.05) is 12.4 Å². The maximum Gasteiger partial charge on any atom is 0.340 e. The molecule has 0 aromatic heterocycles. The molecule has 25 heavy (non-hydrogen) atoms. The zero-order valence-corrected chi connectivity index (χ0v) is 14.5. The number of carbonyl (C=O) groups is 2. The van der Waals surface area contributed by atoms with E-state index in [9.17, 15) is 9.59 Å². The van der Waals surface area contributed by atoms with Gasteiger partial charge >= 0.3 is 12.0 Å². The van der Waals surface area contributed by atoms with Crippen LogP contribution in [-0.4, -0.2) is 25.2 Å². The number of esters is 1. The third-order valence-electron chi connectivity index (χ3n) is 3.32. The largest absolute Gasteiger partial charge is 0.497 e. The zero-order valence-electron chi connectivity index (χ0n) is 14.5. The van der Waals surface area contributed by atoms with Gasteiger partial charge in [0.15, 0.2) is 0 Å². The molecule has 6 nitrogen and oxygen atoms in total. The summed E-state index contributed by atoms with van der Waals surface area (Å²) in [6.45, 7) is 3.82. The third-order valence-corrected chi connectivity index (χ3v) is 3.32. The Labute approximate surface area is 147 Å². The van der Waals surface area contributed by atoms with Gasteiger partial charge in [0.2, 0.25) is 0 Å². The molecule has 2 amide bonds. The number of anilines is 1. The Morgan fingerprint density at radius 3 is 2.56 bits per heavy atom. The molecule has 0 unspecified atom stereocenters. The highest BCUT2D eigenvalue weighted by molar-refractivity contribution is 6.00. The molecule has 132 valence electrons. The predicted molar refractivity (Wildman–Crippen MR) is 95.8 cm³/mol. The minimum absolute atomic E-state index is 0.00725. The number of benzene rings is 2. The van der Waals surface area contributed by atoms with Gasteiger partial charge in [-0.1, -0.05) is 24.3 Å². The molecule has 6 heteroatoms. The van der Waals surface area contributed by atoms with E-state index in [-0.39, 0.29) is 18.7 Å². The lowest BCUT2D eigenvalue weighted by molar-refractivity contribution is 0.0473. The number of hydrogen-bond donors (Lipinski definition) is 2. The first-order valence-corrected chi connectivity index (χ1v) is 7.96. The summed E-state index contributed by atoms with van der Waals surface area (Å²) < 4.78 is 10.5. The van der Waals surface area contributed by atoms with Gasteiger partial charge in [0.1, 0.15) is 12.4 Å². The van der Waals surface area contributed by atoms with Crippen molar-refractivity contribution < 1.29 is 19.1 Å². The Kier molecular flexibility index (Phi) is 6.39. The maximum absolute atomic E-state index is 12.4. The molecule has 0 spiro atoms. The first-order valence-electron chi connectivity index (χ1n) is 7.96. The fourth-order valence-electron chi connectivity index (χ4n) is 2.18. The van der Waals surface area contributed by atoms with Gasteiger partial charge in [0.25, 0.3) is 0 Å². The zero-order chi connectivity index (χ0) is 18.2. The highest BCUT2D eigenvalue weighted by atomic mass is 16.5. The van der Waals surface area contributed by atoms with Crippen molar-refractivity contribution in [3.05, 3.63) is 59.7 Å². The quantitative estimate of drug-likeness (QED) is 0.787. The number of methoxy groups -OCH3 is 1. The first-order chi connectivity index (χ1) is 12.0. The van der Waals surface area contributed by atoms with Gasteiger partial charge < -0.3 is 20.1 Å². The number of urea groups is 1. The summed E-state index contributed by atoms with van der Waals surface area (Å²) in [6.07, 6.45) is 0. The van der Waals surface area contributed by atoms with E-state index in [1.165, 1.54) is 0 Å². The molecular formula is C19H22N2O4. The Morgan fingerprint density at radius 1 is 1.08 bits per heavy atom. The first kappa shape index (κ1) is 18.3. The Balaban J connectivity index is 2.04. The van der Waals surface area contributed by atoms with E-state index in [4.69, 9.17) is 9.47 Å². The summed E-state index contributed by atoms with van der Waals surface area (Å²) in [5.74, 6) is 0.184. The van der Waals surface area contributed by atoms with Crippen molar-refractivity contribution in [2.24, 2.45) is 0 Å². The molecule has 0 aliphatic rings. The molecule has 2 aromatic carbocycles. The van der Waals surface area contributed by atoms with Crippen LogP contribution in [0.15, 0.2) is 48.5 Å². The molecule has 0 atom stereocenters. The number of hydrogen-bond acceptors (Lipinski definition) is 4. The highest BCUT2D eigenvalue weighted by Crippen LogP contribution is 2.18. The van der Waals surface area contributed by atoms with Crippen molar-refractivity contribution in [3.8, 4) is 5.75 Å². The maximum atomic E-state index is 12.4. The Bertz CT molecular complexity index is 744. The summed E-state index contributed by atoms with van der Waals surface area (Å²) in [6, 6.07) is 13.6. The molecule has 0 heterocycles. The van der Waals surface area contributed by atoms with Crippen molar-refractivity contribution in [1.29, 1.82) is 0 Å². The molecule has 2 N–H and O–H groups in total. The topological polar surface area (TPSA) is 76.7 Å². The van der Waals surface area contributed by atoms with Gasteiger partial charge in [-0.3, -0.25) is 0 Å².